The molecule has 0 radical (unpaired) electrons. The Morgan fingerprint density at radius 3 is 2.28 bits per heavy atom. The van der Waals surface area contributed by atoms with Gasteiger partial charge in [0.25, 0.3) is 10.0 Å². The van der Waals surface area contributed by atoms with Gasteiger partial charge in [-0.3, -0.25) is 0 Å². The maximum atomic E-state index is 13.3. The molecule has 7 heteroatoms. The van der Waals surface area contributed by atoms with E-state index < -0.39 is 16.0 Å². The van der Waals surface area contributed by atoms with Crippen LogP contribution in [0.4, 0.5) is 0 Å². The predicted molar refractivity (Wildman–Crippen MR) is 123 cm³/mol. The highest BCUT2D eigenvalue weighted by Gasteiger charge is 2.22. The Hall–Kier alpha value is -3.58. The second kappa shape index (κ2) is 8.88. The molecule has 3 aromatic carbocycles. The zero-order valence-corrected chi connectivity index (χ0v) is 18.6. The average molecular weight is 450 g/mol. The van der Waals surface area contributed by atoms with Crippen molar-refractivity contribution in [3.63, 3.8) is 0 Å². The summed E-state index contributed by atoms with van der Waals surface area (Å²) in [6.07, 6.45) is 2.75. The summed E-state index contributed by atoms with van der Waals surface area (Å²) in [5, 5.41) is 0.791. The van der Waals surface area contributed by atoms with Crippen LogP contribution < -0.4 is 4.74 Å². The molecule has 1 heterocycles. The average Bonchev–Trinajstić information content (AvgIpc) is 3.21. The quantitative estimate of drug-likeness (QED) is 0.390. The monoisotopic (exact) mass is 449 g/mol. The second-order valence-electron chi connectivity index (χ2n) is 7.30. The minimum Gasteiger partial charge on any atom is -0.497 e. The highest BCUT2D eigenvalue weighted by molar-refractivity contribution is 7.90. The van der Waals surface area contributed by atoms with E-state index >= 15 is 0 Å². The van der Waals surface area contributed by atoms with Crippen LogP contribution in [-0.4, -0.2) is 32.6 Å². The molecule has 164 valence electrons. The van der Waals surface area contributed by atoms with Crippen molar-refractivity contribution in [3.05, 3.63) is 95.7 Å². The van der Waals surface area contributed by atoms with Gasteiger partial charge >= 0.3 is 5.97 Å². The molecule has 0 aliphatic carbocycles. The highest BCUT2D eigenvalue weighted by atomic mass is 32.2. The zero-order chi connectivity index (χ0) is 22.7. The first kappa shape index (κ1) is 21.6. The topological polar surface area (TPSA) is 74.6 Å². The number of benzene rings is 3. The van der Waals surface area contributed by atoms with Gasteiger partial charge < -0.3 is 9.47 Å². The number of hydrogen-bond acceptors (Lipinski definition) is 5. The molecule has 0 fully saturated rings. The van der Waals surface area contributed by atoms with Crippen molar-refractivity contribution in [1.29, 1.82) is 0 Å². The van der Waals surface area contributed by atoms with Gasteiger partial charge in [-0.15, -0.1) is 0 Å². The lowest BCUT2D eigenvalue weighted by molar-refractivity contribution is 0.0599. The summed E-state index contributed by atoms with van der Waals surface area (Å²) in [6.45, 7) is 0. The van der Waals surface area contributed by atoms with E-state index in [0.717, 1.165) is 16.5 Å². The van der Waals surface area contributed by atoms with Crippen LogP contribution in [0.1, 0.15) is 21.5 Å². The third kappa shape index (κ3) is 3.99. The van der Waals surface area contributed by atoms with Crippen LogP contribution in [0.15, 0.2) is 83.9 Å². The molecular formula is C25H23NO5S. The molecular weight excluding hydrogens is 426 g/mol. The molecule has 0 bridgehead atoms. The van der Waals surface area contributed by atoms with Crippen molar-refractivity contribution in [1.82, 2.24) is 3.97 Å². The van der Waals surface area contributed by atoms with E-state index in [0.29, 0.717) is 29.7 Å². The van der Waals surface area contributed by atoms with E-state index in [1.165, 1.54) is 11.1 Å². The summed E-state index contributed by atoms with van der Waals surface area (Å²) in [4.78, 5) is 12.3. The molecule has 4 rings (SSSR count). The highest BCUT2D eigenvalue weighted by Crippen LogP contribution is 2.30. The second-order valence-corrected chi connectivity index (χ2v) is 9.11. The van der Waals surface area contributed by atoms with Crippen molar-refractivity contribution in [3.8, 4) is 5.75 Å². The number of aryl methyl sites for hydroxylation is 2. The van der Waals surface area contributed by atoms with Crippen molar-refractivity contribution in [2.75, 3.05) is 14.2 Å². The number of rotatable bonds is 7. The van der Waals surface area contributed by atoms with Gasteiger partial charge in [0.05, 0.1) is 30.2 Å². The lowest BCUT2D eigenvalue weighted by Crippen LogP contribution is -2.11. The lowest BCUT2D eigenvalue weighted by Gasteiger charge is -2.07. The minimum absolute atomic E-state index is 0.218. The van der Waals surface area contributed by atoms with Gasteiger partial charge in [-0.1, -0.05) is 36.4 Å². The molecule has 0 spiro atoms. The van der Waals surface area contributed by atoms with Gasteiger partial charge in [0.2, 0.25) is 0 Å². The van der Waals surface area contributed by atoms with Gasteiger partial charge in [-0.25, -0.2) is 17.2 Å². The van der Waals surface area contributed by atoms with Crippen LogP contribution in [0.25, 0.3) is 10.9 Å². The molecule has 4 aromatic rings. The first-order chi connectivity index (χ1) is 15.5. The molecule has 6 nitrogen and oxygen atoms in total. The fraction of sp³-hybridized carbons (Fsp3) is 0.160. The first-order valence-corrected chi connectivity index (χ1v) is 11.5. The Morgan fingerprint density at radius 2 is 1.56 bits per heavy atom. The van der Waals surface area contributed by atoms with E-state index in [2.05, 4.69) is 0 Å². The van der Waals surface area contributed by atoms with Crippen molar-refractivity contribution in [2.45, 2.75) is 17.7 Å². The Kier molecular flexibility index (Phi) is 6.01. The number of fused-ring (bicyclic) bond motifs is 1. The number of carbonyl (C=O) groups is 1. The summed E-state index contributed by atoms with van der Waals surface area (Å²) in [5.74, 6) is 0.250. The number of carbonyl (C=O) groups excluding carboxylic acids is 1. The van der Waals surface area contributed by atoms with E-state index in [1.807, 2.05) is 18.2 Å². The molecule has 0 amide bonds. The van der Waals surface area contributed by atoms with Gasteiger partial charge in [0.1, 0.15) is 5.75 Å². The van der Waals surface area contributed by atoms with Crippen molar-refractivity contribution < 1.29 is 22.7 Å². The van der Waals surface area contributed by atoms with Crippen molar-refractivity contribution in [2.24, 2.45) is 0 Å². The number of nitrogens with zero attached hydrogens (tertiary/aromatic N) is 1. The Labute approximate surface area is 187 Å². The van der Waals surface area contributed by atoms with E-state index in [4.69, 9.17) is 9.47 Å². The van der Waals surface area contributed by atoms with Crippen LogP contribution in [0.2, 0.25) is 0 Å². The van der Waals surface area contributed by atoms with E-state index in [1.54, 1.807) is 67.9 Å². The molecule has 0 unspecified atom stereocenters. The van der Waals surface area contributed by atoms with Crippen LogP contribution in [0, 0.1) is 0 Å². The Bertz CT molecular complexity index is 1370. The van der Waals surface area contributed by atoms with Gasteiger partial charge in [0.15, 0.2) is 0 Å². The van der Waals surface area contributed by atoms with Gasteiger partial charge in [-0.05, 0) is 60.4 Å². The summed E-state index contributed by atoms with van der Waals surface area (Å²) in [6, 6.07) is 20.9. The fourth-order valence-corrected chi connectivity index (χ4v) is 5.21. The lowest BCUT2D eigenvalue weighted by atomic mass is 9.99. The Morgan fingerprint density at radius 1 is 0.875 bits per heavy atom. The molecule has 0 aliphatic rings. The van der Waals surface area contributed by atoms with Crippen LogP contribution >= 0.6 is 0 Å². The fourth-order valence-electron chi connectivity index (χ4n) is 3.79. The van der Waals surface area contributed by atoms with E-state index in [-0.39, 0.29) is 4.90 Å². The smallest absolute Gasteiger partial charge is 0.338 e. The molecule has 0 atom stereocenters. The summed E-state index contributed by atoms with van der Waals surface area (Å²) in [5.41, 5.74) is 2.77. The number of methoxy groups -OCH3 is 2. The summed E-state index contributed by atoms with van der Waals surface area (Å²) >= 11 is 0. The van der Waals surface area contributed by atoms with Crippen LogP contribution in [0.5, 0.6) is 5.75 Å². The number of ether oxygens (including phenoxy) is 2. The van der Waals surface area contributed by atoms with Gasteiger partial charge in [0, 0.05) is 11.6 Å². The normalized spacial score (nSPS) is 11.4. The standard InChI is InChI=1S/C25H23NO5S/c1-30-20-14-15-24-23(16-20)19(13-12-18-8-6-7-11-22(18)25(27)31-2)17-26(24)32(28,29)21-9-4-3-5-10-21/h3-11,14-17H,12-13H2,1-2H3. The van der Waals surface area contributed by atoms with Crippen molar-refractivity contribution >= 4 is 26.9 Å². The predicted octanol–water partition coefficient (Wildman–Crippen LogP) is 4.46. The molecule has 0 saturated heterocycles. The molecule has 0 saturated carbocycles. The molecule has 32 heavy (non-hydrogen) atoms. The van der Waals surface area contributed by atoms with Gasteiger partial charge in [-0.2, -0.15) is 0 Å². The largest absolute Gasteiger partial charge is 0.497 e. The van der Waals surface area contributed by atoms with Crippen LogP contribution in [0.3, 0.4) is 0 Å². The number of aromatic nitrogens is 1. The van der Waals surface area contributed by atoms with Crippen LogP contribution in [-0.2, 0) is 27.6 Å². The molecule has 0 aliphatic heterocycles. The third-order valence-corrected chi connectivity index (χ3v) is 7.13. The summed E-state index contributed by atoms with van der Waals surface area (Å²) < 4.78 is 38.3. The third-order valence-electron chi connectivity index (χ3n) is 5.45. The maximum absolute atomic E-state index is 13.3. The molecule has 0 N–H and O–H groups in total. The maximum Gasteiger partial charge on any atom is 0.338 e. The SMILES string of the molecule is COC(=O)c1ccccc1CCc1cn(S(=O)(=O)c2ccccc2)c2ccc(OC)cc12. The number of hydrogen-bond donors (Lipinski definition) is 0. The zero-order valence-electron chi connectivity index (χ0n) is 17.8. The Balaban J connectivity index is 1.78. The first-order valence-electron chi connectivity index (χ1n) is 10.1. The minimum atomic E-state index is -3.77. The summed E-state index contributed by atoms with van der Waals surface area (Å²) in [7, 11) is -0.842. The number of esters is 1. The molecule has 1 aromatic heterocycles. The van der Waals surface area contributed by atoms with E-state index in [9.17, 15) is 13.2 Å².